The zero-order valence-corrected chi connectivity index (χ0v) is 18.9. The second-order valence-electron chi connectivity index (χ2n) is 8.16. The highest BCUT2D eigenvalue weighted by molar-refractivity contribution is 5.80. The zero-order valence-electron chi connectivity index (χ0n) is 18.9. The van der Waals surface area contributed by atoms with Crippen LogP contribution < -0.4 is 11.1 Å². The van der Waals surface area contributed by atoms with E-state index < -0.39 is 0 Å². The summed E-state index contributed by atoms with van der Waals surface area (Å²) in [7, 11) is 3.73. The van der Waals surface area contributed by atoms with Crippen LogP contribution in [0.15, 0.2) is 41.7 Å². The van der Waals surface area contributed by atoms with Crippen LogP contribution in [0.3, 0.4) is 0 Å². The second-order valence-corrected chi connectivity index (χ2v) is 8.16. The molecule has 1 aromatic carbocycles. The molecule has 10 heteroatoms. The minimum Gasteiger partial charge on any atom is -0.382 e. The van der Waals surface area contributed by atoms with Gasteiger partial charge in [-0.15, -0.1) is 0 Å². The van der Waals surface area contributed by atoms with E-state index in [0.717, 1.165) is 31.9 Å². The van der Waals surface area contributed by atoms with Crippen molar-refractivity contribution in [3.05, 3.63) is 59.3 Å². The largest absolute Gasteiger partial charge is 0.382 e. The number of hydrogen-bond donors (Lipinski definition) is 2. The van der Waals surface area contributed by atoms with E-state index in [4.69, 9.17) is 5.73 Å². The van der Waals surface area contributed by atoms with E-state index in [1.54, 1.807) is 19.2 Å². The summed E-state index contributed by atoms with van der Waals surface area (Å²) in [5.41, 5.74) is 9.01. The molecular formula is C23H28FN9. The van der Waals surface area contributed by atoms with Gasteiger partial charge in [-0.25, -0.2) is 9.07 Å². The van der Waals surface area contributed by atoms with Crippen molar-refractivity contribution in [2.75, 3.05) is 32.4 Å². The molecule has 3 heterocycles. The number of aryl methyl sites for hydroxylation is 2. The number of guanidine groups is 1. The average molecular weight is 450 g/mol. The van der Waals surface area contributed by atoms with Crippen molar-refractivity contribution in [2.45, 2.75) is 25.2 Å². The van der Waals surface area contributed by atoms with Crippen LogP contribution in [0.1, 0.15) is 35.6 Å². The van der Waals surface area contributed by atoms with Gasteiger partial charge < -0.3 is 16.0 Å². The summed E-state index contributed by atoms with van der Waals surface area (Å²) in [4.78, 5) is 6.70. The normalized spacial score (nSPS) is 16.2. The van der Waals surface area contributed by atoms with Gasteiger partial charge in [-0.2, -0.15) is 15.5 Å². The Bertz CT molecular complexity index is 1170. The Morgan fingerprint density at radius 3 is 2.82 bits per heavy atom. The van der Waals surface area contributed by atoms with Crippen LogP contribution >= 0.6 is 0 Å². The van der Waals surface area contributed by atoms with Gasteiger partial charge in [0.15, 0.2) is 5.96 Å². The second kappa shape index (κ2) is 9.73. The highest BCUT2D eigenvalue weighted by Gasteiger charge is 2.26. The lowest BCUT2D eigenvalue weighted by atomic mass is 10.0. The summed E-state index contributed by atoms with van der Waals surface area (Å²) in [6.07, 6.45) is 6.43. The number of halogens is 1. The number of anilines is 1. The number of nitrogens with zero attached hydrogens (tertiary/aromatic N) is 7. The highest BCUT2D eigenvalue weighted by Crippen LogP contribution is 2.26. The lowest BCUT2D eigenvalue weighted by Crippen LogP contribution is -2.40. The topological polar surface area (TPSA) is 113 Å². The summed E-state index contributed by atoms with van der Waals surface area (Å²) >= 11 is 0. The molecule has 0 radical (unpaired) electrons. The molecule has 0 spiro atoms. The predicted molar refractivity (Wildman–Crippen MR) is 124 cm³/mol. The number of rotatable bonds is 6. The van der Waals surface area contributed by atoms with Gasteiger partial charge in [-0.05, 0) is 49.1 Å². The zero-order chi connectivity index (χ0) is 23.4. The Labute approximate surface area is 192 Å². The molecule has 0 aliphatic carbocycles. The Balaban J connectivity index is 1.33. The van der Waals surface area contributed by atoms with E-state index in [1.807, 2.05) is 17.9 Å². The lowest BCUT2D eigenvalue weighted by Gasteiger charge is -2.21. The van der Waals surface area contributed by atoms with Gasteiger partial charge in [-0.3, -0.25) is 9.67 Å². The van der Waals surface area contributed by atoms with E-state index in [1.165, 1.54) is 22.4 Å². The van der Waals surface area contributed by atoms with Gasteiger partial charge in [0.25, 0.3) is 0 Å². The van der Waals surface area contributed by atoms with Gasteiger partial charge >= 0.3 is 0 Å². The van der Waals surface area contributed by atoms with Crippen LogP contribution in [0.5, 0.6) is 0 Å². The van der Waals surface area contributed by atoms with Crippen molar-refractivity contribution in [3.8, 4) is 11.8 Å². The predicted octanol–water partition coefficient (Wildman–Crippen LogP) is 2.20. The number of aromatic nitrogens is 4. The summed E-state index contributed by atoms with van der Waals surface area (Å²) in [5.74, 6) is 1.25. The Morgan fingerprint density at radius 2 is 2.15 bits per heavy atom. The molecule has 1 atom stereocenters. The molecular weight excluding hydrogens is 421 g/mol. The molecule has 1 fully saturated rings. The van der Waals surface area contributed by atoms with E-state index in [9.17, 15) is 9.65 Å². The minimum atomic E-state index is -0.338. The summed E-state index contributed by atoms with van der Waals surface area (Å²) in [6.45, 7) is 2.54. The highest BCUT2D eigenvalue weighted by atomic mass is 19.1. The Hall–Kier alpha value is -3.87. The molecule has 0 saturated carbocycles. The van der Waals surface area contributed by atoms with E-state index in [0.29, 0.717) is 35.8 Å². The van der Waals surface area contributed by atoms with Crippen molar-refractivity contribution < 1.29 is 4.39 Å². The third-order valence-corrected chi connectivity index (χ3v) is 5.95. The average Bonchev–Trinajstić information content (AvgIpc) is 3.53. The van der Waals surface area contributed by atoms with E-state index in [-0.39, 0.29) is 11.6 Å². The maximum Gasteiger partial charge on any atom is 0.193 e. The summed E-state index contributed by atoms with van der Waals surface area (Å²) in [6, 6.07) is 8.01. The summed E-state index contributed by atoms with van der Waals surface area (Å²) < 4.78 is 16.6. The van der Waals surface area contributed by atoms with Crippen LogP contribution in [0.2, 0.25) is 0 Å². The van der Waals surface area contributed by atoms with Crippen molar-refractivity contribution in [1.29, 1.82) is 5.26 Å². The maximum absolute atomic E-state index is 13.2. The Kier molecular flexibility index (Phi) is 6.58. The molecule has 2 aromatic heterocycles. The van der Waals surface area contributed by atoms with Crippen molar-refractivity contribution in [2.24, 2.45) is 12.0 Å². The molecule has 1 saturated heterocycles. The van der Waals surface area contributed by atoms with Gasteiger partial charge in [0.05, 0.1) is 17.6 Å². The standard InChI is InChI=1S/C23H28FN9/c1-27-23(32-11-9-16(15-32)17-13-29-31(2)14-17)28-10-3-4-21-20(12-25)22(26)33(30-21)19-7-5-18(24)6-8-19/h5-8,13-14,16H,3-4,9-11,15,26H2,1-2H3,(H,27,28). The van der Waals surface area contributed by atoms with Crippen LogP contribution in [-0.4, -0.2) is 57.1 Å². The van der Waals surface area contributed by atoms with Gasteiger partial charge in [-0.1, -0.05) is 0 Å². The maximum atomic E-state index is 13.2. The number of nitrogens with two attached hydrogens (primary N) is 1. The smallest absolute Gasteiger partial charge is 0.193 e. The first-order chi connectivity index (χ1) is 16.0. The molecule has 9 nitrogen and oxygen atoms in total. The van der Waals surface area contributed by atoms with Crippen LogP contribution in [0, 0.1) is 17.1 Å². The fourth-order valence-corrected chi connectivity index (χ4v) is 4.22. The van der Waals surface area contributed by atoms with Crippen molar-refractivity contribution >= 4 is 11.8 Å². The molecule has 4 rings (SSSR count). The number of aliphatic imine (C=N–C) groups is 1. The van der Waals surface area contributed by atoms with Crippen LogP contribution in [0.25, 0.3) is 5.69 Å². The molecule has 172 valence electrons. The number of benzene rings is 1. The number of hydrogen-bond acceptors (Lipinski definition) is 5. The van der Waals surface area contributed by atoms with Gasteiger partial charge in [0.1, 0.15) is 23.3 Å². The molecule has 3 aromatic rings. The van der Waals surface area contributed by atoms with Crippen LogP contribution in [-0.2, 0) is 13.5 Å². The summed E-state index contributed by atoms with van der Waals surface area (Å²) in [5, 5.41) is 21.8. The first-order valence-corrected chi connectivity index (χ1v) is 11.0. The Morgan fingerprint density at radius 1 is 1.36 bits per heavy atom. The number of nitrogens with one attached hydrogen (secondary N) is 1. The van der Waals surface area contributed by atoms with Gasteiger partial charge in [0.2, 0.25) is 0 Å². The van der Waals surface area contributed by atoms with E-state index in [2.05, 4.69) is 37.7 Å². The third-order valence-electron chi connectivity index (χ3n) is 5.95. The number of likely N-dealkylation sites (tertiary alicyclic amines) is 1. The van der Waals surface area contributed by atoms with E-state index >= 15 is 0 Å². The van der Waals surface area contributed by atoms with Crippen LogP contribution in [0.4, 0.5) is 10.2 Å². The fourth-order valence-electron chi connectivity index (χ4n) is 4.22. The molecule has 33 heavy (non-hydrogen) atoms. The molecule has 1 unspecified atom stereocenters. The first kappa shape index (κ1) is 22.3. The SMILES string of the molecule is CN=C(NCCCc1nn(-c2ccc(F)cc2)c(N)c1C#N)N1CCC(c2cnn(C)c2)C1. The van der Waals surface area contributed by atoms with Crippen molar-refractivity contribution in [3.63, 3.8) is 0 Å². The van der Waals surface area contributed by atoms with Crippen molar-refractivity contribution in [1.82, 2.24) is 29.8 Å². The minimum absolute atomic E-state index is 0.265. The molecule has 1 aliphatic heterocycles. The third kappa shape index (κ3) is 4.82. The monoisotopic (exact) mass is 449 g/mol. The number of nitriles is 1. The molecule has 3 N–H and O–H groups in total. The quantitative estimate of drug-likeness (QED) is 0.339. The van der Waals surface area contributed by atoms with Gasteiger partial charge in [0, 0.05) is 45.8 Å². The number of nitrogen functional groups attached to an aromatic ring is 1. The molecule has 0 bridgehead atoms. The molecule has 1 aliphatic rings. The lowest BCUT2D eigenvalue weighted by molar-refractivity contribution is 0.484. The first-order valence-electron chi connectivity index (χ1n) is 11.0. The fraction of sp³-hybridized carbons (Fsp3) is 0.391. The molecule has 0 amide bonds.